The number of hydrogen-bond donors (Lipinski definition) is 1. The van der Waals surface area contributed by atoms with E-state index in [2.05, 4.69) is 11.4 Å². The number of nitrogens with one attached hydrogen (secondary N) is 1. The van der Waals surface area contributed by atoms with Gasteiger partial charge in [0, 0.05) is 24.0 Å². The maximum Gasteiger partial charge on any atom is 0.231 e. The van der Waals surface area contributed by atoms with E-state index in [1.165, 1.54) is 28.8 Å². The fourth-order valence-corrected chi connectivity index (χ4v) is 3.75. The first kappa shape index (κ1) is 18.6. The van der Waals surface area contributed by atoms with Crippen LogP contribution in [0.25, 0.3) is 10.9 Å². The summed E-state index contributed by atoms with van der Waals surface area (Å²) in [4.78, 5) is 12.4. The number of para-hydroxylation sites is 1. The first-order valence-corrected chi connectivity index (χ1v) is 8.83. The van der Waals surface area contributed by atoms with E-state index in [1.54, 1.807) is 12.1 Å². The molecule has 0 fully saturated rings. The molecule has 3 nitrogen and oxygen atoms in total. The second-order valence-corrected chi connectivity index (χ2v) is 6.58. The Balaban J connectivity index is 0.00000196. The summed E-state index contributed by atoms with van der Waals surface area (Å²) in [5.41, 5.74) is 4.58. The van der Waals surface area contributed by atoms with Gasteiger partial charge in [-0.25, -0.2) is 4.39 Å². The molecule has 0 amide bonds. The molecule has 0 saturated carbocycles. The molecule has 0 unspecified atom stereocenters. The fraction of sp³-hybridized carbons (Fsp3) is 0.286. The minimum absolute atomic E-state index is 0. The third-order valence-electron chi connectivity index (χ3n) is 4.94. The van der Waals surface area contributed by atoms with E-state index >= 15 is 0 Å². The highest BCUT2D eigenvalue weighted by Crippen LogP contribution is 2.30. The smallest absolute Gasteiger partial charge is 0.231 e. The van der Waals surface area contributed by atoms with Crippen LogP contribution in [-0.4, -0.2) is 17.0 Å². The van der Waals surface area contributed by atoms with Gasteiger partial charge in [0.25, 0.3) is 0 Å². The van der Waals surface area contributed by atoms with Crippen molar-refractivity contribution < 1.29 is 9.18 Å². The molecule has 136 valence electrons. The SMILES string of the molecule is Cl.O=C1CCCc2c(CCNCc3ccc(F)cc3)c3ccccc3n21. The third kappa shape index (κ3) is 3.53. The summed E-state index contributed by atoms with van der Waals surface area (Å²) >= 11 is 0. The lowest BCUT2D eigenvalue weighted by Crippen LogP contribution is -2.21. The zero-order chi connectivity index (χ0) is 17.2. The summed E-state index contributed by atoms with van der Waals surface area (Å²) in [6.45, 7) is 1.54. The van der Waals surface area contributed by atoms with E-state index in [0.29, 0.717) is 13.0 Å². The zero-order valence-corrected chi connectivity index (χ0v) is 15.3. The van der Waals surface area contributed by atoms with E-state index in [4.69, 9.17) is 0 Å². The Hall–Kier alpha value is -2.17. The van der Waals surface area contributed by atoms with Crippen molar-refractivity contribution in [3.63, 3.8) is 0 Å². The standard InChI is InChI=1S/C21H21FN2O.ClH/c22-16-10-8-15(9-11-16)14-23-13-12-18-17-4-1-2-5-19(17)24-20(18)6-3-7-21(24)25;/h1-2,4-5,8-11,23H,3,6-7,12-14H2;1H. The molecule has 0 saturated heterocycles. The summed E-state index contributed by atoms with van der Waals surface area (Å²) in [5, 5.41) is 4.62. The van der Waals surface area contributed by atoms with Crippen LogP contribution >= 0.6 is 12.4 Å². The molecule has 1 aliphatic heterocycles. The van der Waals surface area contributed by atoms with Crippen LogP contribution < -0.4 is 5.32 Å². The number of benzene rings is 2. The van der Waals surface area contributed by atoms with Crippen LogP contribution in [-0.2, 0) is 19.4 Å². The Kier molecular flexibility index (Phi) is 5.74. The molecular formula is C21H22ClFN2O. The Morgan fingerprint density at radius 3 is 2.62 bits per heavy atom. The number of aromatic nitrogens is 1. The summed E-state index contributed by atoms with van der Waals surface area (Å²) in [6.07, 6.45) is 3.42. The van der Waals surface area contributed by atoms with Crippen LogP contribution in [0.5, 0.6) is 0 Å². The van der Waals surface area contributed by atoms with Crippen molar-refractivity contribution in [1.82, 2.24) is 9.88 Å². The highest BCUT2D eigenvalue weighted by Gasteiger charge is 2.23. The zero-order valence-electron chi connectivity index (χ0n) is 14.5. The maximum atomic E-state index is 13.0. The summed E-state index contributed by atoms with van der Waals surface area (Å²) < 4.78 is 14.9. The molecule has 0 bridgehead atoms. The Bertz CT molecular complexity index is 918. The Morgan fingerprint density at radius 1 is 1.04 bits per heavy atom. The van der Waals surface area contributed by atoms with E-state index < -0.39 is 0 Å². The second-order valence-electron chi connectivity index (χ2n) is 6.58. The molecule has 26 heavy (non-hydrogen) atoms. The molecule has 1 N–H and O–H groups in total. The molecule has 2 heterocycles. The van der Waals surface area contributed by atoms with Gasteiger partial charge in [0.2, 0.25) is 5.91 Å². The highest BCUT2D eigenvalue weighted by molar-refractivity contribution is 5.96. The van der Waals surface area contributed by atoms with Gasteiger partial charge in [-0.2, -0.15) is 0 Å². The van der Waals surface area contributed by atoms with Gasteiger partial charge < -0.3 is 5.32 Å². The predicted molar refractivity (Wildman–Crippen MR) is 105 cm³/mol. The van der Waals surface area contributed by atoms with Gasteiger partial charge in [-0.05, 0) is 55.1 Å². The van der Waals surface area contributed by atoms with Crippen LogP contribution in [0.3, 0.4) is 0 Å². The van der Waals surface area contributed by atoms with Crippen molar-refractivity contribution in [3.05, 3.63) is 71.2 Å². The van der Waals surface area contributed by atoms with E-state index in [0.717, 1.165) is 36.9 Å². The summed E-state index contributed by atoms with van der Waals surface area (Å²) in [5.74, 6) is 0.00305. The van der Waals surface area contributed by atoms with E-state index in [1.807, 2.05) is 22.8 Å². The molecule has 4 rings (SSSR count). The lowest BCUT2D eigenvalue weighted by molar-refractivity contribution is 0.0889. The normalized spacial score (nSPS) is 13.5. The number of hydrogen-bond acceptors (Lipinski definition) is 2. The first-order valence-electron chi connectivity index (χ1n) is 8.83. The Labute approximate surface area is 158 Å². The van der Waals surface area contributed by atoms with Gasteiger partial charge in [0.1, 0.15) is 5.82 Å². The minimum atomic E-state index is -0.208. The number of rotatable bonds is 5. The molecule has 2 aromatic carbocycles. The van der Waals surface area contributed by atoms with Gasteiger partial charge in [0.05, 0.1) is 5.52 Å². The van der Waals surface area contributed by atoms with Crippen LogP contribution in [0, 0.1) is 5.82 Å². The minimum Gasteiger partial charge on any atom is -0.312 e. The van der Waals surface area contributed by atoms with Crippen LogP contribution in [0.2, 0.25) is 0 Å². The number of fused-ring (bicyclic) bond motifs is 3. The fourth-order valence-electron chi connectivity index (χ4n) is 3.75. The van der Waals surface area contributed by atoms with Gasteiger partial charge in [-0.1, -0.05) is 30.3 Å². The molecule has 0 radical (unpaired) electrons. The van der Waals surface area contributed by atoms with E-state index in [-0.39, 0.29) is 24.1 Å². The van der Waals surface area contributed by atoms with Gasteiger partial charge in [-0.3, -0.25) is 9.36 Å². The number of carbonyl (C=O) groups excluding carboxylic acids is 1. The average molecular weight is 373 g/mol. The largest absolute Gasteiger partial charge is 0.312 e. The van der Waals surface area contributed by atoms with Crippen LogP contribution in [0.1, 0.15) is 34.5 Å². The number of halogens is 2. The Morgan fingerprint density at radius 2 is 1.81 bits per heavy atom. The van der Waals surface area contributed by atoms with Crippen molar-refractivity contribution >= 4 is 29.2 Å². The predicted octanol–water partition coefficient (Wildman–Crippen LogP) is 4.51. The molecular weight excluding hydrogens is 351 g/mol. The monoisotopic (exact) mass is 372 g/mol. The lowest BCUT2D eigenvalue weighted by Gasteiger charge is -2.16. The average Bonchev–Trinajstić information content (AvgIpc) is 2.95. The molecule has 0 atom stereocenters. The number of nitrogens with zero attached hydrogens (tertiary/aromatic N) is 1. The first-order chi connectivity index (χ1) is 12.2. The van der Waals surface area contributed by atoms with E-state index in [9.17, 15) is 9.18 Å². The van der Waals surface area contributed by atoms with Gasteiger partial charge in [0.15, 0.2) is 0 Å². The summed E-state index contributed by atoms with van der Waals surface area (Å²) in [6, 6.07) is 14.8. The molecule has 5 heteroatoms. The maximum absolute atomic E-state index is 13.0. The highest BCUT2D eigenvalue weighted by atomic mass is 35.5. The van der Waals surface area contributed by atoms with Gasteiger partial charge >= 0.3 is 0 Å². The van der Waals surface area contributed by atoms with Crippen molar-refractivity contribution in [2.45, 2.75) is 32.2 Å². The van der Waals surface area contributed by atoms with Crippen LogP contribution in [0.4, 0.5) is 4.39 Å². The molecule has 1 aliphatic rings. The quantitative estimate of drug-likeness (QED) is 0.668. The lowest BCUT2D eigenvalue weighted by atomic mass is 10.0. The second kappa shape index (κ2) is 8.02. The molecule has 1 aromatic heterocycles. The van der Waals surface area contributed by atoms with Crippen molar-refractivity contribution in [2.75, 3.05) is 6.54 Å². The number of carbonyl (C=O) groups is 1. The van der Waals surface area contributed by atoms with Crippen molar-refractivity contribution in [2.24, 2.45) is 0 Å². The van der Waals surface area contributed by atoms with Crippen molar-refractivity contribution in [1.29, 1.82) is 0 Å². The summed E-state index contributed by atoms with van der Waals surface area (Å²) in [7, 11) is 0. The topological polar surface area (TPSA) is 34.0 Å². The molecule has 0 spiro atoms. The molecule has 0 aliphatic carbocycles. The van der Waals surface area contributed by atoms with Crippen LogP contribution in [0.15, 0.2) is 48.5 Å². The van der Waals surface area contributed by atoms with Gasteiger partial charge in [-0.15, -0.1) is 12.4 Å². The third-order valence-corrected chi connectivity index (χ3v) is 4.94. The molecule has 3 aromatic rings. The van der Waals surface area contributed by atoms with Crippen molar-refractivity contribution in [3.8, 4) is 0 Å².